The highest BCUT2D eigenvalue weighted by molar-refractivity contribution is 5.74. The second-order valence-corrected chi connectivity index (χ2v) is 6.63. The molecule has 0 saturated heterocycles. The number of urea groups is 1. The van der Waals surface area contributed by atoms with Crippen molar-refractivity contribution in [3.8, 4) is 11.4 Å². The Labute approximate surface area is 162 Å². The van der Waals surface area contributed by atoms with Crippen LogP contribution in [0.5, 0.6) is 5.75 Å². The standard InChI is InChI=1S/C21H21FN4O2/c22-16-8-9-20-17(13-16)18(6-3-12-28-20)25-21(27)23-14-15-5-1-2-7-19(15)26-11-4-10-24-26/h1-2,4-5,7-11,13,18H,3,6,12,14H2,(H2,23,25,27)/t18-/m1/s1. The molecule has 1 aromatic heterocycles. The van der Waals surface area contributed by atoms with Crippen LogP contribution in [0.15, 0.2) is 60.9 Å². The van der Waals surface area contributed by atoms with E-state index < -0.39 is 0 Å². The first-order valence-corrected chi connectivity index (χ1v) is 9.25. The molecule has 2 aromatic carbocycles. The zero-order chi connectivity index (χ0) is 19.3. The quantitative estimate of drug-likeness (QED) is 0.725. The minimum absolute atomic E-state index is 0.297. The smallest absolute Gasteiger partial charge is 0.315 e. The van der Waals surface area contributed by atoms with E-state index in [0.29, 0.717) is 30.9 Å². The van der Waals surface area contributed by atoms with E-state index in [9.17, 15) is 9.18 Å². The van der Waals surface area contributed by atoms with Crippen molar-refractivity contribution >= 4 is 6.03 Å². The lowest BCUT2D eigenvalue weighted by atomic mass is 10.0. The molecule has 6 nitrogen and oxygen atoms in total. The van der Waals surface area contributed by atoms with Crippen molar-refractivity contribution in [2.24, 2.45) is 0 Å². The number of rotatable bonds is 4. The number of carbonyl (C=O) groups excluding carboxylic acids is 1. The number of nitrogens with one attached hydrogen (secondary N) is 2. The second-order valence-electron chi connectivity index (χ2n) is 6.63. The molecule has 28 heavy (non-hydrogen) atoms. The number of carbonyl (C=O) groups is 1. The van der Waals surface area contributed by atoms with E-state index in [2.05, 4.69) is 15.7 Å². The number of para-hydroxylation sites is 1. The zero-order valence-corrected chi connectivity index (χ0v) is 15.3. The Morgan fingerprint density at radius 2 is 2.14 bits per heavy atom. The molecule has 0 spiro atoms. The average Bonchev–Trinajstić information content (AvgIpc) is 3.17. The van der Waals surface area contributed by atoms with Gasteiger partial charge in [-0.1, -0.05) is 18.2 Å². The van der Waals surface area contributed by atoms with Crippen LogP contribution in [-0.4, -0.2) is 22.4 Å². The molecule has 0 unspecified atom stereocenters. The van der Waals surface area contributed by atoms with E-state index in [0.717, 1.165) is 17.7 Å². The van der Waals surface area contributed by atoms with E-state index in [-0.39, 0.29) is 17.9 Å². The summed E-state index contributed by atoms with van der Waals surface area (Å²) in [5.74, 6) is 0.276. The van der Waals surface area contributed by atoms with Crippen molar-refractivity contribution in [1.29, 1.82) is 0 Å². The van der Waals surface area contributed by atoms with Gasteiger partial charge < -0.3 is 15.4 Å². The molecule has 1 aliphatic heterocycles. The second kappa shape index (κ2) is 8.12. The van der Waals surface area contributed by atoms with E-state index in [1.165, 1.54) is 12.1 Å². The normalized spacial score (nSPS) is 15.8. The molecule has 144 valence electrons. The van der Waals surface area contributed by atoms with Gasteiger partial charge in [0.05, 0.1) is 18.3 Å². The van der Waals surface area contributed by atoms with Crippen LogP contribution < -0.4 is 15.4 Å². The van der Waals surface area contributed by atoms with Crippen molar-refractivity contribution in [1.82, 2.24) is 20.4 Å². The number of ether oxygens (including phenoxy) is 1. The van der Waals surface area contributed by atoms with Gasteiger partial charge >= 0.3 is 6.03 Å². The maximum absolute atomic E-state index is 13.7. The Bertz CT molecular complexity index is 959. The summed E-state index contributed by atoms with van der Waals surface area (Å²) in [4.78, 5) is 12.5. The van der Waals surface area contributed by atoms with Crippen LogP contribution in [-0.2, 0) is 6.54 Å². The lowest BCUT2D eigenvalue weighted by Gasteiger charge is -2.19. The number of hydrogen-bond acceptors (Lipinski definition) is 3. The summed E-state index contributed by atoms with van der Waals surface area (Å²) in [5.41, 5.74) is 2.52. The molecule has 3 aromatic rings. The number of fused-ring (bicyclic) bond motifs is 1. The Morgan fingerprint density at radius 3 is 3.00 bits per heavy atom. The fourth-order valence-corrected chi connectivity index (χ4v) is 3.38. The molecule has 0 saturated carbocycles. The van der Waals surface area contributed by atoms with Crippen molar-refractivity contribution < 1.29 is 13.9 Å². The Hall–Kier alpha value is -3.35. The minimum Gasteiger partial charge on any atom is -0.493 e. The number of halogens is 1. The third-order valence-corrected chi connectivity index (χ3v) is 4.73. The highest BCUT2D eigenvalue weighted by atomic mass is 19.1. The van der Waals surface area contributed by atoms with E-state index in [4.69, 9.17) is 4.74 Å². The Morgan fingerprint density at radius 1 is 1.25 bits per heavy atom. The summed E-state index contributed by atoms with van der Waals surface area (Å²) in [7, 11) is 0. The molecule has 4 rings (SSSR count). The molecule has 1 atom stereocenters. The molecule has 7 heteroatoms. The van der Waals surface area contributed by atoms with Crippen LogP contribution in [0.3, 0.4) is 0 Å². The summed E-state index contributed by atoms with van der Waals surface area (Å²) in [5, 5.41) is 10.1. The molecule has 2 amide bonds. The average molecular weight is 380 g/mol. The minimum atomic E-state index is -0.343. The molecular formula is C21H21FN4O2. The third-order valence-electron chi connectivity index (χ3n) is 4.73. The summed E-state index contributed by atoms with van der Waals surface area (Å²) in [6.45, 7) is 0.900. The number of benzene rings is 2. The van der Waals surface area contributed by atoms with E-state index in [1.807, 2.05) is 36.5 Å². The predicted octanol–water partition coefficient (Wildman–Crippen LogP) is 3.72. The molecule has 0 aliphatic carbocycles. The summed E-state index contributed by atoms with van der Waals surface area (Å²) >= 11 is 0. The Kier molecular flexibility index (Phi) is 5.23. The summed E-state index contributed by atoms with van der Waals surface area (Å²) in [6.07, 6.45) is 5.04. The highest BCUT2D eigenvalue weighted by Crippen LogP contribution is 2.32. The van der Waals surface area contributed by atoms with Gasteiger partial charge in [-0.3, -0.25) is 0 Å². The number of aromatic nitrogens is 2. The lowest BCUT2D eigenvalue weighted by Crippen LogP contribution is -2.37. The number of nitrogens with zero attached hydrogens (tertiary/aromatic N) is 2. The van der Waals surface area contributed by atoms with Gasteiger partial charge in [0.25, 0.3) is 0 Å². The molecule has 0 fully saturated rings. The van der Waals surface area contributed by atoms with E-state index >= 15 is 0 Å². The number of hydrogen-bond donors (Lipinski definition) is 2. The van der Waals surface area contributed by atoms with Crippen LogP contribution in [0.25, 0.3) is 5.69 Å². The zero-order valence-electron chi connectivity index (χ0n) is 15.3. The van der Waals surface area contributed by atoms with E-state index in [1.54, 1.807) is 16.9 Å². The molecule has 2 heterocycles. The van der Waals surface area contributed by atoms with Crippen LogP contribution in [0.4, 0.5) is 9.18 Å². The van der Waals surface area contributed by atoms with Crippen molar-refractivity contribution in [3.05, 3.63) is 77.9 Å². The first-order valence-electron chi connectivity index (χ1n) is 9.25. The van der Waals surface area contributed by atoms with Gasteiger partial charge in [0.1, 0.15) is 11.6 Å². The highest BCUT2D eigenvalue weighted by Gasteiger charge is 2.22. The van der Waals surface area contributed by atoms with Crippen molar-refractivity contribution in [3.63, 3.8) is 0 Å². The monoisotopic (exact) mass is 380 g/mol. The van der Waals surface area contributed by atoms with Gasteiger partial charge in [0.2, 0.25) is 0 Å². The summed E-state index contributed by atoms with van der Waals surface area (Å²) in [6, 6.07) is 13.4. The maximum atomic E-state index is 13.7. The lowest BCUT2D eigenvalue weighted by molar-refractivity contribution is 0.235. The SMILES string of the molecule is O=C(NCc1ccccc1-n1cccn1)N[C@@H]1CCCOc2ccc(F)cc21. The largest absolute Gasteiger partial charge is 0.493 e. The maximum Gasteiger partial charge on any atom is 0.315 e. The van der Waals surface area contributed by atoms with Gasteiger partial charge in [0, 0.05) is 24.5 Å². The molecular weight excluding hydrogens is 359 g/mol. The third kappa shape index (κ3) is 3.98. The predicted molar refractivity (Wildman–Crippen MR) is 103 cm³/mol. The number of amides is 2. The van der Waals surface area contributed by atoms with Crippen LogP contribution >= 0.6 is 0 Å². The Balaban J connectivity index is 1.44. The first kappa shape index (κ1) is 18.0. The molecule has 1 aliphatic rings. The molecule has 2 N–H and O–H groups in total. The molecule has 0 bridgehead atoms. The fourth-order valence-electron chi connectivity index (χ4n) is 3.38. The van der Waals surface area contributed by atoms with Gasteiger partial charge in [-0.25, -0.2) is 13.9 Å². The topological polar surface area (TPSA) is 68.2 Å². The van der Waals surface area contributed by atoms with Crippen molar-refractivity contribution in [2.75, 3.05) is 6.61 Å². The first-order chi connectivity index (χ1) is 13.7. The van der Waals surface area contributed by atoms with Crippen LogP contribution in [0.1, 0.15) is 30.0 Å². The summed E-state index contributed by atoms with van der Waals surface area (Å²) < 4.78 is 21.1. The van der Waals surface area contributed by atoms with Crippen LogP contribution in [0, 0.1) is 5.82 Å². The van der Waals surface area contributed by atoms with Gasteiger partial charge in [-0.2, -0.15) is 5.10 Å². The van der Waals surface area contributed by atoms with Gasteiger partial charge in [-0.15, -0.1) is 0 Å². The molecule has 0 radical (unpaired) electrons. The van der Waals surface area contributed by atoms with Gasteiger partial charge in [-0.05, 0) is 48.7 Å². The fraction of sp³-hybridized carbons (Fsp3) is 0.238. The van der Waals surface area contributed by atoms with Crippen LogP contribution in [0.2, 0.25) is 0 Å². The van der Waals surface area contributed by atoms with Crippen molar-refractivity contribution in [2.45, 2.75) is 25.4 Å². The van der Waals surface area contributed by atoms with Gasteiger partial charge in [0.15, 0.2) is 0 Å².